The van der Waals surface area contributed by atoms with Gasteiger partial charge in [-0.25, -0.2) is 0 Å². The third-order valence-corrected chi connectivity index (χ3v) is 5.32. The molecule has 1 aliphatic carbocycles. The molecule has 0 fully saturated rings. The number of hydrogen-bond acceptors (Lipinski definition) is 6. The number of likely N-dealkylation sites (N-methyl/N-ethyl adjacent to an activating group) is 1. The molecule has 0 amide bonds. The number of nitrogens with zero attached hydrogens (tertiary/aromatic N) is 5. The Bertz CT molecular complexity index is 1050. The smallest absolute Gasteiger partial charge is 0.196 e. The number of carbonyl (C=O) groups is 1. The molecule has 0 spiro atoms. The second-order valence-corrected chi connectivity index (χ2v) is 8.09. The van der Waals surface area contributed by atoms with E-state index in [9.17, 15) is 4.79 Å². The van der Waals surface area contributed by atoms with Crippen LogP contribution in [-0.2, 0) is 6.54 Å². The molecule has 0 atom stereocenters. The molecule has 2 aromatic heterocycles. The van der Waals surface area contributed by atoms with Crippen molar-refractivity contribution in [2.24, 2.45) is 0 Å². The van der Waals surface area contributed by atoms with Crippen LogP contribution in [0.3, 0.4) is 0 Å². The first-order valence-electron chi connectivity index (χ1n) is 10.0. The summed E-state index contributed by atoms with van der Waals surface area (Å²) in [5.74, 6) is 0.0423. The van der Waals surface area contributed by atoms with Crippen molar-refractivity contribution < 1.29 is 4.79 Å². The van der Waals surface area contributed by atoms with Crippen molar-refractivity contribution in [3.8, 4) is 11.3 Å². The Morgan fingerprint density at radius 3 is 2.59 bits per heavy atom. The summed E-state index contributed by atoms with van der Waals surface area (Å²) in [6.45, 7) is 3.47. The molecule has 7 nitrogen and oxygen atoms in total. The molecule has 1 N–H and O–H groups in total. The summed E-state index contributed by atoms with van der Waals surface area (Å²) in [7, 11) is 8.23. The van der Waals surface area contributed by atoms with Crippen LogP contribution in [0.25, 0.3) is 22.2 Å². The Morgan fingerprint density at radius 2 is 1.83 bits per heavy atom. The van der Waals surface area contributed by atoms with E-state index in [-0.39, 0.29) is 5.78 Å². The zero-order valence-electron chi connectivity index (χ0n) is 17.6. The van der Waals surface area contributed by atoms with Gasteiger partial charge >= 0.3 is 0 Å². The van der Waals surface area contributed by atoms with Gasteiger partial charge in [-0.05, 0) is 59.4 Å². The van der Waals surface area contributed by atoms with Gasteiger partial charge in [0.2, 0.25) is 0 Å². The Kier molecular flexibility index (Phi) is 5.34. The van der Waals surface area contributed by atoms with Crippen molar-refractivity contribution in [1.29, 1.82) is 0 Å². The second-order valence-electron chi connectivity index (χ2n) is 8.09. The number of fused-ring (bicyclic) bond motifs is 2. The van der Waals surface area contributed by atoms with E-state index in [4.69, 9.17) is 5.10 Å². The van der Waals surface area contributed by atoms with E-state index in [0.29, 0.717) is 5.56 Å². The predicted octanol–water partition coefficient (Wildman–Crippen LogP) is 2.57. The van der Waals surface area contributed by atoms with Crippen molar-refractivity contribution >= 4 is 22.4 Å². The molecule has 152 valence electrons. The third-order valence-electron chi connectivity index (χ3n) is 5.32. The lowest BCUT2D eigenvalue weighted by molar-refractivity contribution is 0.104. The second kappa shape index (κ2) is 7.93. The first-order valence-corrected chi connectivity index (χ1v) is 10.0. The van der Waals surface area contributed by atoms with Crippen molar-refractivity contribution in [3.63, 3.8) is 0 Å². The van der Waals surface area contributed by atoms with E-state index < -0.39 is 0 Å². The van der Waals surface area contributed by atoms with E-state index in [1.54, 1.807) is 18.5 Å². The first kappa shape index (κ1) is 19.5. The van der Waals surface area contributed by atoms with Crippen LogP contribution in [0.4, 0.5) is 5.69 Å². The minimum absolute atomic E-state index is 0.0423. The summed E-state index contributed by atoms with van der Waals surface area (Å²) in [6.07, 6.45) is 4.43. The van der Waals surface area contributed by atoms with Gasteiger partial charge in [-0.2, -0.15) is 5.10 Å². The number of benzene rings is 1. The molecule has 0 saturated carbocycles. The molecule has 7 heteroatoms. The third kappa shape index (κ3) is 3.63. The number of rotatable bonds is 8. The molecule has 4 rings (SSSR count). The maximum Gasteiger partial charge on any atom is 0.196 e. The zero-order valence-corrected chi connectivity index (χ0v) is 17.6. The summed E-state index contributed by atoms with van der Waals surface area (Å²) >= 11 is 0. The molecule has 2 heterocycles. The zero-order chi connectivity index (χ0) is 20.5. The van der Waals surface area contributed by atoms with Crippen LogP contribution in [0.5, 0.6) is 0 Å². The van der Waals surface area contributed by atoms with Crippen LogP contribution < -0.4 is 5.32 Å². The molecule has 0 unspecified atom stereocenters. The van der Waals surface area contributed by atoms with E-state index >= 15 is 0 Å². The lowest BCUT2D eigenvalue weighted by atomic mass is 9.87. The van der Waals surface area contributed by atoms with Gasteiger partial charge in [-0.3, -0.25) is 14.5 Å². The van der Waals surface area contributed by atoms with Gasteiger partial charge in [0.1, 0.15) is 5.69 Å². The summed E-state index contributed by atoms with van der Waals surface area (Å²) in [5.41, 5.74) is 4.98. The Hall–Kier alpha value is -2.77. The lowest BCUT2D eigenvalue weighted by Gasteiger charge is -2.19. The summed E-state index contributed by atoms with van der Waals surface area (Å²) in [5, 5.41) is 9.31. The number of nitrogens with one attached hydrogen (secondary N) is 1. The van der Waals surface area contributed by atoms with E-state index in [0.717, 1.165) is 66.0 Å². The van der Waals surface area contributed by atoms with Crippen LogP contribution in [0.1, 0.15) is 22.3 Å². The molecule has 0 saturated heterocycles. The standard InChI is InChI=1S/C22H28N6O/c1-26(2)11-5-12-28-18-7-6-17(24-10-13-27(3)4)19-20(18)21(25-28)16-14-23-9-8-15(16)22(19)29/h6-9,14,24H,5,10-13H2,1-4H3. The molecule has 1 aliphatic rings. The first-order chi connectivity index (χ1) is 14.0. The highest BCUT2D eigenvalue weighted by Crippen LogP contribution is 2.41. The minimum Gasteiger partial charge on any atom is -0.383 e. The maximum absolute atomic E-state index is 13.4. The number of aromatic nitrogens is 3. The number of anilines is 1. The van der Waals surface area contributed by atoms with Gasteiger partial charge in [-0.15, -0.1) is 0 Å². The highest BCUT2D eigenvalue weighted by molar-refractivity contribution is 6.27. The van der Waals surface area contributed by atoms with Gasteiger partial charge in [0.05, 0.1) is 11.1 Å². The Balaban J connectivity index is 1.81. The molecule has 3 aromatic rings. The quantitative estimate of drug-likeness (QED) is 0.497. The number of hydrogen-bond donors (Lipinski definition) is 1. The van der Waals surface area contributed by atoms with Gasteiger partial charge in [0, 0.05) is 54.2 Å². The van der Waals surface area contributed by atoms with Crippen molar-refractivity contribution in [2.45, 2.75) is 13.0 Å². The summed E-state index contributed by atoms with van der Waals surface area (Å²) in [4.78, 5) is 21.9. The molecule has 0 bridgehead atoms. The van der Waals surface area contributed by atoms with Gasteiger partial charge in [-0.1, -0.05) is 0 Å². The molecule has 0 aliphatic heterocycles. The fraction of sp³-hybridized carbons (Fsp3) is 0.409. The Morgan fingerprint density at radius 1 is 1.03 bits per heavy atom. The van der Waals surface area contributed by atoms with Gasteiger partial charge < -0.3 is 15.1 Å². The normalized spacial score (nSPS) is 12.8. The average Bonchev–Trinajstić information content (AvgIpc) is 3.05. The summed E-state index contributed by atoms with van der Waals surface area (Å²) in [6, 6.07) is 5.90. The van der Waals surface area contributed by atoms with Crippen molar-refractivity contribution in [3.05, 3.63) is 41.7 Å². The number of aryl methyl sites for hydroxylation is 1. The molecular weight excluding hydrogens is 364 g/mol. The van der Waals surface area contributed by atoms with Crippen LogP contribution in [0.15, 0.2) is 30.6 Å². The van der Waals surface area contributed by atoms with E-state index in [2.05, 4.69) is 40.3 Å². The SMILES string of the molecule is CN(C)CCCn1nc2c3c(c(NCCN(C)C)ccc31)C(=O)c1ccncc1-2. The molecule has 29 heavy (non-hydrogen) atoms. The highest BCUT2D eigenvalue weighted by Gasteiger charge is 2.31. The predicted molar refractivity (Wildman–Crippen MR) is 117 cm³/mol. The fourth-order valence-corrected chi connectivity index (χ4v) is 3.88. The maximum atomic E-state index is 13.4. The van der Waals surface area contributed by atoms with E-state index in [1.165, 1.54) is 0 Å². The van der Waals surface area contributed by atoms with Crippen molar-refractivity contribution in [2.75, 3.05) is 53.1 Å². The fourth-order valence-electron chi connectivity index (χ4n) is 3.88. The number of carbonyl (C=O) groups excluding carboxylic acids is 1. The molecule has 1 aromatic carbocycles. The minimum atomic E-state index is 0.0423. The van der Waals surface area contributed by atoms with Crippen LogP contribution in [0.2, 0.25) is 0 Å². The topological polar surface area (TPSA) is 66.3 Å². The molecule has 0 radical (unpaired) electrons. The highest BCUT2D eigenvalue weighted by atomic mass is 16.1. The Labute approximate surface area is 171 Å². The molecular formula is C22H28N6O. The van der Waals surface area contributed by atoms with Crippen molar-refractivity contribution in [1.82, 2.24) is 24.6 Å². The van der Waals surface area contributed by atoms with Gasteiger partial charge in [0.15, 0.2) is 5.78 Å². The van der Waals surface area contributed by atoms with Crippen LogP contribution in [0, 0.1) is 0 Å². The van der Waals surface area contributed by atoms with Crippen LogP contribution >= 0.6 is 0 Å². The summed E-state index contributed by atoms with van der Waals surface area (Å²) < 4.78 is 2.04. The van der Waals surface area contributed by atoms with E-state index in [1.807, 2.05) is 24.8 Å². The number of pyridine rings is 1. The lowest BCUT2D eigenvalue weighted by Crippen LogP contribution is -2.22. The largest absolute Gasteiger partial charge is 0.383 e. The number of ketones is 1. The average molecular weight is 393 g/mol. The monoisotopic (exact) mass is 392 g/mol. The van der Waals surface area contributed by atoms with Crippen LogP contribution in [-0.4, -0.2) is 78.2 Å². The van der Waals surface area contributed by atoms with Gasteiger partial charge in [0.25, 0.3) is 0 Å².